The Morgan fingerprint density at radius 3 is 2.79 bits per heavy atom. The summed E-state index contributed by atoms with van der Waals surface area (Å²) in [6.07, 6.45) is 3.70. The molecule has 2 aromatic heterocycles. The van der Waals surface area contributed by atoms with Crippen LogP contribution in [0.1, 0.15) is 0 Å². The van der Waals surface area contributed by atoms with Crippen molar-refractivity contribution in [3.8, 4) is 0 Å². The molecular weight excluding hydrogens is 198 g/mol. The van der Waals surface area contributed by atoms with Crippen LogP contribution in [0, 0.1) is 0 Å². The number of nitrogens with one attached hydrogen (secondary N) is 1. The maximum atomic E-state index is 4.41. The van der Waals surface area contributed by atoms with Gasteiger partial charge in [0.15, 0.2) is 10.8 Å². The fourth-order valence-corrected chi connectivity index (χ4v) is 1.59. The molecule has 0 saturated carbocycles. The number of nitrogens with zero attached hydrogens (tertiary/aromatic N) is 4. The Balaban J connectivity index is 2.70. The van der Waals surface area contributed by atoms with Gasteiger partial charge in [0.2, 0.25) is 0 Å². The molecule has 0 spiro atoms. The second kappa shape index (κ2) is 3.45. The molecule has 0 aliphatic rings. The summed E-state index contributed by atoms with van der Waals surface area (Å²) in [6.45, 7) is 0. The van der Waals surface area contributed by atoms with Crippen molar-refractivity contribution in [1.29, 1.82) is 0 Å². The third kappa shape index (κ3) is 1.41. The molecular formula is C8H11N5S. The highest BCUT2D eigenvalue weighted by Crippen LogP contribution is 2.23. The number of fused-ring (bicyclic) bond motifs is 1. The SMILES string of the molecule is CSc1nc(N(C)C)c2cn[nH]c2n1. The molecule has 0 fully saturated rings. The Morgan fingerprint density at radius 2 is 2.14 bits per heavy atom. The van der Waals surface area contributed by atoms with Gasteiger partial charge in [0, 0.05) is 14.1 Å². The lowest BCUT2D eigenvalue weighted by Gasteiger charge is -2.12. The van der Waals surface area contributed by atoms with Crippen LogP contribution in [-0.4, -0.2) is 40.5 Å². The van der Waals surface area contributed by atoms with Gasteiger partial charge in [-0.2, -0.15) is 5.10 Å². The van der Waals surface area contributed by atoms with Gasteiger partial charge < -0.3 is 4.90 Å². The van der Waals surface area contributed by atoms with E-state index in [4.69, 9.17) is 0 Å². The topological polar surface area (TPSA) is 57.7 Å². The molecule has 2 aromatic rings. The van der Waals surface area contributed by atoms with Gasteiger partial charge >= 0.3 is 0 Å². The highest BCUT2D eigenvalue weighted by atomic mass is 32.2. The van der Waals surface area contributed by atoms with Gasteiger partial charge in [0.05, 0.1) is 11.6 Å². The number of rotatable bonds is 2. The van der Waals surface area contributed by atoms with Crippen molar-refractivity contribution in [2.45, 2.75) is 5.16 Å². The van der Waals surface area contributed by atoms with Crippen molar-refractivity contribution in [3.05, 3.63) is 6.20 Å². The van der Waals surface area contributed by atoms with Crippen molar-refractivity contribution in [1.82, 2.24) is 20.2 Å². The predicted molar refractivity (Wildman–Crippen MR) is 57.8 cm³/mol. The van der Waals surface area contributed by atoms with Gasteiger partial charge in [0.25, 0.3) is 0 Å². The van der Waals surface area contributed by atoms with E-state index in [2.05, 4.69) is 20.2 Å². The first-order valence-corrected chi connectivity index (χ1v) is 5.37. The Morgan fingerprint density at radius 1 is 1.36 bits per heavy atom. The van der Waals surface area contributed by atoms with Crippen LogP contribution in [-0.2, 0) is 0 Å². The molecule has 0 bridgehead atoms. The first-order valence-electron chi connectivity index (χ1n) is 4.15. The van der Waals surface area contributed by atoms with E-state index in [1.54, 1.807) is 6.20 Å². The second-order valence-corrected chi connectivity index (χ2v) is 3.83. The first kappa shape index (κ1) is 9.26. The number of hydrogen-bond acceptors (Lipinski definition) is 5. The highest BCUT2D eigenvalue weighted by molar-refractivity contribution is 7.98. The van der Waals surface area contributed by atoms with Gasteiger partial charge in [-0.3, -0.25) is 5.10 Å². The summed E-state index contributed by atoms with van der Waals surface area (Å²) in [4.78, 5) is 10.7. The Labute approximate surface area is 85.9 Å². The van der Waals surface area contributed by atoms with Gasteiger partial charge in [-0.15, -0.1) is 0 Å². The molecule has 2 rings (SSSR count). The molecule has 0 saturated heterocycles. The van der Waals surface area contributed by atoms with Gasteiger partial charge in [-0.05, 0) is 6.26 Å². The van der Waals surface area contributed by atoms with Gasteiger partial charge in [0.1, 0.15) is 5.82 Å². The van der Waals surface area contributed by atoms with Crippen LogP contribution in [0.4, 0.5) is 5.82 Å². The zero-order valence-electron chi connectivity index (χ0n) is 8.27. The smallest absolute Gasteiger partial charge is 0.191 e. The van der Waals surface area contributed by atoms with Crippen LogP contribution < -0.4 is 4.90 Å². The quantitative estimate of drug-likeness (QED) is 0.593. The minimum absolute atomic E-state index is 0.755. The molecule has 0 atom stereocenters. The fraction of sp³-hybridized carbons (Fsp3) is 0.375. The van der Waals surface area contributed by atoms with Crippen molar-refractivity contribution in [2.24, 2.45) is 0 Å². The molecule has 1 N–H and O–H groups in total. The molecule has 5 nitrogen and oxygen atoms in total. The van der Waals surface area contributed by atoms with Crippen LogP contribution >= 0.6 is 11.8 Å². The van der Waals surface area contributed by atoms with E-state index in [-0.39, 0.29) is 0 Å². The molecule has 0 aliphatic heterocycles. The minimum Gasteiger partial charge on any atom is -0.362 e. The highest BCUT2D eigenvalue weighted by Gasteiger charge is 2.09. The van der Waals surface area contributed by atoms with Crippen LogP contribution in [0.15, 0.2) is 11.4 Å². The summed E-state index contributed by atoms with van der Waals surface area (Å²) in [6, 6.07) is 0. The van der Waals surface area contributed by atoms with E-state index in [0.717, 1.165) is 22.0 Å². The third-order valence-corrected chi connectivity index (χ3v) is 2.42. The molecule has 2 heterocycles. The van der Waals surface area contributed by atoms with Crippen LogP contribution in [0.3, 0.4) is 0 Å². The summed E-state index contributed by atoms with van der Waals surface area (Å²) in [5.74, 6) is 0.896. The molecule has 0 amide bonds. The summed E-state index contributed by atoms with van der Waals surface area (Å²) >= 11 is 1.52. The Kier molecular flexibility index (Phi) is 2.28. The number of aromatic amines is 1. The second-order valence-electron chi connectivity index (χ2n) is 3.06. The fourth-order valence-electron chi connectivity index (χ4n) is 1.23. The number of hydrogen-bond donors (Lipinski definition) is 1. The summed E-state index contributed by atoms with van der Waals surface area (Å²) in [7, 11) is 3.91. The summed E-state index contributed by atoms with van der Waals surface area (Å²) in [5, 5.41) is 8.51. The van der Waals surface area contributed by atoms with Crippen molar-refractivity contribution in [2.75, 3.05) is 25.3 Å². The van der Waals surface area contributed by atoms with E-state index < -0.39 is 0 Å². The maximum Gasteiger partial charge on any atom is 0.191 e. The molecule has 14 heavy (non-hydrogen) atoms. The van der Waals surface area contributed by atoms with E-state index >= 15 is 0 Å². The molecule has 0 radical (unpaired) electrons. The average molecular weight is 209 g/mol. The number of anilines is 1. The van der Waals surface area contributed by atoms with E-state index in [0.29, 0.717) is 0 Å². The minimum atomic E-state index is 0.755. The van der Waals surface area contributed by atoms with E-state index in [1.165, 1.54) is 11.8 Å². The van der Waals surface area contributed by atoms with Gasteiger partial charge in [-0.25, -0.2) is 9.97 Å². The molecule has 0 aliphatic carbocycles. The Bertz CT molecular complexity index is 450. The number of aromatic nitrogens is 4. The van der Waals surface area contributed by atoms with Gasteiger partial charge in [-0.1, -0.05) is 11.8 Å². The first-order chi connectivity index (χ1) is 6.72. The normalized spacial score (nSPS) is 10.8. The van der Waals surface area contributed by atoms with Crippen LogP contribution in [0.25, 0.3) is 11.0 Å². The standard InChI is InChI=1S/C8H11N5S/c1-13(2)7-5-4-9-12-6(5)10-8(11-7)14-3/h4H,1-3H3,(H,9,10,11,12). The molecule has 0 unspecified atom stereocenters. The van der Waals surface area contributed by atoms with Crippen LogP contribution in [0.5, 0.6) is 0 Å². The average Bonchev–Trinajstić information content (AvgIpc) is 2.63. The largest absolute Gasteiger partial charge is 0.362 e. The molecule has 74 valence electrons. The summed E-state index contributed by atoms with van der Waals surface area (Å²) in [5.41, 5.74) is 0.785. The zero-order chi connectivity index (χ0) is 10.1. The zero-order valence-corrected chi connectivity index (χ0v) is 9.09. The molecule has 6 heteroatoms. The molecule has 0 aromatic carbocycles. The lowest BCUT2D eigenvalue weighted by atomic mass is 10.4. The Hall–Kier alpha value is -1.30. The lowest BCUT2D eigenvalue weighted by molar-refractivity contribution is 0.950. The van der Waals surface area contributed by atoms with Crippen LogP contribution in [0.2, 0.25) is 0 Å². The van der Waals surface area contributed by atoms with E-state index in [9.17, 15) is 0 Å². The lowest BCUT2D eigenvalue weighted by Crippen LogP contribution is -2.11. The third-order valence-electron chi connectivity index (χ3n) is 1.88. The predicted octanol–water partition coefficient (Wildman–Crippen LogP) is 1.14. The van der Waals surface area contributed by atoms with Crippen molar-refractivity contribution < 1.29 is 0 Å². The number of thioether (sulfide) groups is 1. The number of H-pyrrole nitrogens is 1. The van der Waals surface area contributed by atoms with Crippen molar-refractivity contribution in [3.63, 3.8) is 0 Å². The van der Waals surface area contributed by atoms with Crippen molar-refractivity contribution >= 4 is 28.6 Å². The maximum absolute atomic E-state index is 4.41. The van der Waals surface area contributed by atoms with E-state index in [1.807, 2.05) is 25.3 Å². The summed E-state index contributed by atoms with van der Waals surface area (Å²) < 4.78 is 0. The monoisotopic (exact) mass is 209 g/mol.